The van der Waals surface area contributed by atoms with Crippen molar-refractivity contribution in [2.24, 2.45) is 0 Å². The number of sulfonamides is 1. The molecule has 114 valence electrons. The minimum Gasteiger partial charge on any atom is -0.315 e. The topological polar surface area (TPSA) is 58.2 Å². The Balaban J connectivity index is 2.83. The summed E-state index contributed by atoms with van der Waals surface area (Å²) < 4.78 is 26.8. The fourth-order valence-electron chi connectivity index (χ4n) is 1.45. The van der Waals surface area contributed by atoms with Crippen LogP contribution >= 0.6 is 34.8 Å². The Kier molecular flexibility index (Phi) is 6.88. The molecule has 0 aliphatic carbocycles. The van der Waals surface area contributed by atoms with Gasteiger partial charge >= 0.3 is 0 Å². The van der Waals surface area contributed by atoms with E-state index >= 15 is 0 Å². The van der Waals surface area contributed by atoms with Crippen molar-refractivity contribution in [3.63, 3.8) is 0 Å². The first-order valence-electron chi connectivity index (χ1n) is 6.14. The molecule has 20 heavy (non-hydrogen) atoms. The summed E-state index contributed by atoms with van der Waals surface area (Å²) in [4.78, 5) is 0. The molecule has 1 rings (SSSR count). The number of nitrogens with one attached hydrogen (secondary N) is 2. The second kappa shape index (κ2) is 7.71. The van der Waals surface area contributed by atoms with Crippen LogP contribution in [0.1, 0.15) is 20.3 Å². The van der Waals surface area contributed by atoms with Gasteiger partial charge in [-0.3, -0.25) is 4.72 Å². The molecule has 0 saturated carbocycles. The van der Waals surface area contributed by atoms with Crippen LogP contribution in [0.4, 0.5) is 5.69 Å². The maximum absolute atomic E-state index is 12.2. The number of benzene rings is 1. The van der Waals surface area contributed by atoms with Crippen LogP contribution in [0.2, 0.25) is 15.1 Å². The molecule has 8 heteroatoms. The number of anilines is 1. The van der Waals surface area contributed by atoms with Gasteiger partial charge in [0.05, 0.1) is 26.0 Å². The number of rotatable bonds is 7. The van der Waals surface area contributed by atoms with E-state index < -0.39 is 15.3 Å². The highest BCUT2D eigenvalue weighted by Gasteiger charge is 2.21. The smallest absolute Gasteiger partial charge is 0.236 e. The van der Waals surface area contributed by atoms with E-state index in [9.17, 15) is 8.42 Å². The molecule has 0 aliphatic heterocycles. The van der Waals surface area contributed by atoms with Crippen molar-refractivity contribution in [3.8, 4) is 0 Å². The van der Waals surface area contributed by atoms with E-state index in [-0.39, 0.29) is 20.8 Å². The summed E-state index contributed by atoms with van der Waals surface area (Å²) in [6, 6.07) is 2.80. The third kappa shape index (κ3) is 4.97. The van der Waals surface area contributed by atoms with Crippen molar-refractivity contribution >= 4 is 50.5 Å². The van der Waals surface area contributed by atoms with Crippen LogP contribution in [0.5, 0.6) is 0 Å². The SMILES string of the molecule is CCCNCC(C)S(=O)(=O)Nc1cc(Cl)c(Cl)cc1Cl. The maximum Gasteiger partial charge on any atom is 0.236 e. The predicted octanol–water partition coefficient (Wildman–Crippen LogP) is 3.78. The lowest BCUT2D eigenvalue weighted by Crippen LogP contribution is -2.35. The van der Waals surface area contributed by atoms with Gasteiger partial charge in [0.15, 0.2) is 0 Å². The minimum absolute atomic E-state index is 0.205. The quantitative estimate of drug-likeness (QED) is 0.575. The Morgan fingerprint density at radius 1 is 1.15 bits per heavy atom. The number of hydrogen-bond donors (Lipinski definition) is 2. The van der Waals surface area contributed by atoms with Gasteiger partial charge in [-0.2, -0.15) is 0 Å². The lowest BCUT2D eigenvalue weighted by atomic mass is 10.3. The first-order valence-corrected chi connectivity index (χ1v) is 8.82. The Morgan fingerprint density at radius 3 is 2.35 bits per heavy atom. The molecule has 0 radical (unpaired) electrons. The van der Waals surface area contributed by atoms with Gasteiger partial charge in [-0.15, -0.1) is 0 Å². The maximum atomic E-state index is 12.2. The molecular weight excluding hydrogens is 343 g/mol. The third-order valence-corrected chi connectivity index (χ3v) is 5.42. The lowest BCUT2D eigenvalue weighted by Gasteiger charge is -2.16. The second-order valence-electron chi connectivity index (χ2n) is 4.41. The Morgan fingerprint density at radius 2 is 1.75 bits per heavy atom. The van der Waals surface area contributed by atoms with Crippen molar-refractivity contribution in [2.75, 3.05) is 17.8 Å². The van der Waals surface area contributed by atoms with E-state index in [1.807, 2.05) is 6.92 Å². The highest BCUT2D eigenvalue weighted by molar-refractivity contribution is 7.93. The van der Waals surface area contributed by atoms with Crippen LogP contribution in [0, 0.1) is 0 Å². The molecule has 1 aromatic rings. The van der Waals surface area contributed by atoms with E-state index in [0.717, 1.165) is 13.0 Å². The van der Waals surface area contributed by atoms with Crippen molar-refractivity contribution in [1.82, 2.24) is 5.32 Å². The summed E-state index contributed by atoms with van der Waals surface area (Å²) in [6.07, 6.45) is 0.943. The molecule has 0 saturated heterocycles. The summed E-state index contributed by atoms with van der Waals surface area (Å²) in [5.74, 6) is 0. The summed E-state index contributed by atoms with van der Waals surface area (Å²) in [5.41, 5.74) is 0.225. The van der Waals surface area contributed by atoms with Gasteiger partial charge < -0.3 is 5.32 Å². The highest BCUT2D eigenvalue weighted by atomic mass is 35.5. The van der Waals surface area contributed by atoms with Crippen LogP contribution in [-0.4, -0.2) is 26.8 Å². The largest absolute Gasteiger partial charge is 0.315 e. The van der Waals surface area contributed by atoms with Gasteiger partial charge in [0.25, 0.3) is 0 Å². The molecule has 0 spiro atoms. The fourth-order valence-corrected chi connectivity index (χ4v) is 3.11. The predicted molar refractivity (Wildman–Crippen MR) is 86.6 cm³/mol. The molecular formula is C12H17Cl3N2O2S. The highest BCUT2D eigenvalue weighted by Crippen LogP contribution is 2.33. The van der Waals surface area contributed by atoms with Crippen molar-refractivity contribution in [2.45, 2.75) is 25.5 Å². The molecule has 0 aliphatic rings. The molecule has 0 fully saturated rings. The van der Waals surface area contributed by atoms with E-state index in [4.69, 9.17) is 34.8 Å². The van der Waals surface area contributed by atoms with E-state index in [0.29, 0.717) is 6.54 Å². The zero-order chi connectivity index (χ0) is 15.3. The standard InChI is InChI=1S/C12H17Cl3N2O2S/c1-3-4-16-7-8(2)20(18,19)17-12-6-10(14)9(13)5-11(12)15/h5-6,8,16-17H,3-4,7H2,1-2H3. The van der Waals surface area contributed by atoms with Crippen LogP contribution in [0.3, 0.4) is 0 Å². The summed E-state index contributed by atoms with van der Waals surface area (Å²) in [5, 5.41) is 3.19. The van der Waals surface area contributed by atoms with Gasteiger partial charge in [0.1, 0.15) is 0 Å². The molecule has 4 nitrogen and oxygen atoms in total. The zero-order valence-electron chi connectivity index (χ0n) is 11.2. The van der Waals surface area contributed by atoms with Crippen molar-refractivity contribution in [1.29, 1.82) is 0 Å². The van der Waals surface area contributed by atoms with Crippen LogP contribution in [-0.2, 0) is 10.0 Å². The van der Waals surface area contributed by atoms with Crippen LogP contribution in [0.15, 0.2) is 12.1 Å². The average molecular weight is 360 g/mol. The van der Waals surface area contributed by atoms with Gasteiger partial charge in [0, 0.05) is 6.54 Å². The lowest BCUT2D eigenvalue weighted by molar-refractivity contribution is 0.576. The molecule has 0 amide bonds. The van der Waals surface area contributed by atoms with Gasteiger partial charge in [-0.25, -0.2) is 8.42 Å². The Hall–Kier alpha value is -0.200. The first-order chi connectivity index (χ1) is 9.27. The third-order valence-electron chi connectivity index (χ3n) is 2.65. The molecule has 1 atom stereocenters. The first kappa shape index (κ1) is 17.9. The van der Waals surface area contributed by atoms with Gasteiger partial charge in [-0.05, 0) is 32.0 Å². The van der Waals surface area contributed by atoms with Crippen LogP contribution < -0.4 is 10.0 Å². The van der Waals surface area contributed by atoms with Crippen molar-refractivity contribution < 1.29 is 8.42 Å². The fraction of sp³-hybridized carbons (Fsp3) is 0.500. The van der Waals surface area contributed by atoms with Gasteiger partial charge in [0.2, 0.25) is 10.0 Å². The monoisotopic (exact) mass is 358 g/mol. The molecule has 0 bridgehead atoms. The Bertz CT molecular complexity index is 564. The average Bonchev–Trinajstić information content (AvgIpc) is 2.35. The number of halogens is 3. The molecule has 1 unspecified atom stereocenters. The minimum atomic E-state index is -3.54. The molecule has 1 aromatic carbocycles. The van der Waals surface area contributed by atoms with E-state index in [1.54, 1.807) is 6.92 Å². The molecule has 0 aromatic heterocycles. The zero-order valence-corrected chi connectivity index (χ0v) is 14.3. The summed E-state index contributed by atoms with van der Waals surface area (Å²) >= 11 is 17.6. The Labute approximate surface area is 134 Å². The second-order valence-corrected chi connectivity index (χ2v) is 7.73. The molecule has 2 N–H and O–H groups in total. The summed E-state index contributed by atoms with van der Waals surface area (Å²) in [7, 11) is -3.54. The number of hydrogen-bond acceptors (Lipinski definition) is 3. The van der Waals surface area contributed by atoms with E-state index in [1.165, 1.54) is 12.1 Å². The molecule has 0 heterocycles. The van der Waals surface area contributed by atoms with Crippen molar-refractivity contribution in [3.05, 3.63) is 27.2 Å². The van der Waals surface area contributed by atoms with E-state index in [2.05, 4.69) is 10.0 Å². The normalized spacial score (nSPS) is 13.2. The van der Waals surface area contributed by atoms with Crippen LogP contribution in [0.25, 0.3) is 0 Å². The van der Waals surface area contributed by atoms with Gasteiger partial charge in [-0.1, -0.05) is 41.7 Å². The summed E-state index contributed by atoms with van der Waals surface area (Å²) in [6.45, 7) is 4.77.